The third kappa shape index (κ3) is 8.58. The van der Waals surface area contributed by atoms with E-state index >= 15 is 0 Å². The Bertz CT molecular complexity index is 623. The van der Waals surface area contributed by atoms with Gasteiger partial charge in [0.2, 0.25) is 0 Å². The second-order valence-electron chi connectivity index (χ2n) is 5.96. The van der Waals surface area contributed by atoms with E-state index in [-0.39, 0.29) is 12.3 Å². The number of nitrogens with one attached hydrogen (secondary N) is 1. The molecule has 0 spiro atoms. The highest BCUT2D eigenvalue weighted by Gasteiger charge is 2.23. The van der Waals surface area contributed by atoms with E-state index in [2.05, 4.69) is 10.1 Å². The molecule has 1 atom stereocenters. The fourth-order valence-corrected chi connectivity index (χ4v) is 3.26. The van der Waals surface area contributed by atoms with Gasteiger partial charge in [-0.3, -0.25) is 9.59 Å². The fourth-order valence-electron chi connectivity index (χ4n) is 2.09. The van der Waals surface area contributed by atoms with Crippen LogP contribution in [0.1, 0.15) is 26.7 Å². The molecular formula is C18H24ClNO5S. The molecule has 1 aromatic carbocycles. The van der Waals surface area contributed by atoms with E-state index in [0.717, 1.165) is 4.90 Å². The van der Waals surface area contributed by atoms with Gasteiger partial charge in [-0.25, -0.2) is 4.79 Å². The van der Waals surface area contributed by atoms with Crippen molar-refractivity contribution in [3.8, 4) is 0 Å². The van der Waals surface area contributed by atoms with E-state index in [0.29, 0.717) is 17.2 Å². The third-order valence-electron chi connectivity index (χ3n) is 3.29. The van der Waals surface area contributed by atoms with Gasteiger partial charge in [0, 0.05) is 10.6 Å². The Morgan fingerprint density at radius 1 is 1.23 bits per heavy atom. The zero-order chi connectivity index (χ0) is 19.5. The Morgan fingerprint density at radius 2 is 1.92 bits per heavy atom. The fraction of sp³-hybridized carbons (Fsp3) is 0.500. The molecule has 0 saturated carbocycles. The van der Waals surface area contributed by atoms with Gasteiger partial charge >= 0.3 is 11.9 Å². The van der Waals surface area contributed by atoms with Gasteiger partial charge in [0.1, 0.15) is 6.04 Å². The number of methoxy groups -OCH3 is 1. The second kappa shape index (κ2) is 11.8. The molecule has 0 heterocycles. The second-order valence-corrected chi connectivity index (χ2v) is 7.51. The number of carbonyl (C=O) groups excluding carboxylic acids is 3. The lowest BCUT2D eigenvalue weighted by atomic mass is 10.0. The van der Waals surface area contributed by atoms with Gasteiger partial charge in [0.25, 0.3) is 5.91 Å². The van der Waals surface area contributed by atoms with E-state index in [9.17, 15) is 14.4 Å². The lowest BCUT2D eigenvalue weighted by molar-refractivity contribution is -0.150. The molecule has 26 heavy (non-hydrogen) atoms. The van der Waals surface area contributed by atoms with Crippen molar-refractivity contribution in [3.05, 3.63) is 29.3 Å². The van der Waals surface area contributed by atoms with Gasteiger partial charge in [-0.1, -0.05) is 37.6 Å². The largest absolute Gasteiger partial charge is 0.467 e. The van der Waals surface area contributed by atoms with Crippen molar-refractivity contribution in [1.82, 2.24) is 5.32 Å². The molecule has 144 valence electrons. The smallest absolute Gasteiger partial charge is 0.328 e. The molecule has 0 saturated heterocycles. The lowest BCUT2D eigenvalue weighted by Crippen LogP contribution is -2.44. The van der Waals surface area contributed by atoms with Crippen LogP contribution in [0, 0.1) is 5.92 Å². The Morgan fingerprint density at radius 3 is 2.54 bits per heavy atom. The van der Waals surface area contributed by atoms with Crippen LogP contribution in [0.25, 0.3) is 0 Å². The molecule has 0 bridgehead atoms. The zero-order valence-corrected chi connectivity index (χ0v) is 16.7. The molecule has 1 rings (SSSR count). The highest BCUT2D eigenvalue weighted by Crippen LogP contribution is 2.26. The first kappa shape index (κ1) is 22.3. The Kier molecular flexibility index (Phi) is 10.1. The molecule has 0 aromatic heterocycles. The van der Waals surface area contributed by atoms with Crippen LogP contribution in [0.4, 0.5) is 0 Å². The number of ether oxygens (including phenoxy) is 2. The van der Waals surface area contributed by atoms with Crippen molar-refractivity contribution in [2.24, 2.45) is 5.92 Å². The van der Waals surface area contributed by atoms with Gasteiger partial charge in [-0.15, -0.1) is 11.8 Å². The highest BCUT2D eigenvalue weighted by atomic mass is 35.5. The minimum Gasteiger partial charge on any atom is -0.467 e. The first-order valence-corrected chi connectivity index (χ1v) is 9.60. The standard InChI is InChI=1S/C18H24ClNO5S/c1-12(2)10-14(18(23)24-3)20-16(21)11-25-17(22)8-9-26-15-7-5-4-6-13(15)19/h4-7,12,14H,8-11H2,1-3H3,(H,20,21). The van der Waals surface area contributed by atoms with Gasteiger partial charge in [-0.05, 0) is 24.5 Å². The van der Waals surface area contributed by atoms with Crippen molar-refractivity contribution in [2.45, 2.75) is 37.6 Å². The number of rotatable bonds is 10. The maximum Gasteiger partial charge on any atom is 0.328 e. The number of hydrogen-bond donors (Lipinski definition) is 1. The molecule has 0 aliphatic heterocycles. The van der Waals surface area contributed by atoms with E-state index < -0.39 is 30.5 Å². The third-order valence-corrected chi connectivity index (χ3v) is 4.81. The van der Waals surface area contributed by atoms with E-state index in [1.54, 1.807) is 6.07 Å². The molecule has 1 unspecified atom stereocenters. The summed E-state index contributed by atoms with van der Waals surface area (Å²) in [7, 11) is 1.26. The Labute approximate surface area is 162 Å². The predicted molar refractivity (Wildman–Crippen MR) is 101 cm³/mol. The molecule has 0 fully saturated rings. The highest BCUT2D eigenvalue weighted by molar-refractivity contribution is 7.99. The maximum atomic E-state index is 11.9. The van der Waals surface area contributed by atoms with Crippen LogP contribution in [0.3, 0.4) is 0 Å². The number of halogens is 1. The molecule has 1 amide bonds. The Balaban J connectivity index is 2.33. The van der Waals surface area contributed by atoms with Crippen molar-refractivity contribution in [1.29, 1.82) is 0 Å². The molecule has 0 aliphatic rings. The average molecular weight is 402 g/mol. The topological polar surface area (TPSA) is 81.7 Å². The summed E-state index contributed by atoms with van der Waals surface area (Å²) >= 11 is 7.48. The summed E-state index contributed by atoms with van der Waals surface area (Å²) in [6, 6.07) is 6.60. The van der Waals surface area contributed by atoms with Gasteiger partial charge < -0.3 is 14.8 Å². The summed E-state index contributed by atoms with van der Waals surface area (Å²) in [4.78, 5) is 36.2. The molecular weight excluding hydrogens is 378 g/mol. The summed E-state index contributed by atoms with van der Waals surface area (Å²) in [5.41, 5.74) is 0. The first-order chi connectivity index (χ1) is 12.3. The maximum absolute atomic E-state index is 11.9. The van der Waals surface area contributed by atoms with Crippen LogP contribution in [0.5, 0.6) is 0 Å². The van der Waals surface area contributed by atoms with E-state index in [1.165, 1.54) is 18.9 Å². The molecule has 6 nitrogen and oxygen atoms in total. The summed E-state index contributed by atoms with van der Waals surface area (Å²) in [6.45, 7) is 3.43. The number of thioether (sulfide) groups is 1. The van der Waals surface area contributed by atoms with E-state index in [4.69, 9.17) is 16.3 Å². The molecule has 0 aliphatic carbocycles. The van der Waals surface area contributed by atoms with Crippen molar-refractivity contribution in [2.75, 3.05) is 19.5 Å². The molecule has 8 heteroatoms. The SMILES string of the molecule is COC(=O)C(CC(C)C)NC(=O)COC(=O)CCSc1ccccc1Cl. The number of benzene rings is 1. The molecule has 1 aromatic rings. The van der Waals surface area contributed by atoms with Crippen LogP contribution in [0.2, 0.25) is 5.02 Å². The minimum absolute atomic E-state index is 0.148. The van der Waals surface area contributed by atoms with Crippen LogP contribution < -0.4 is 5.32 Å². The van der Waals surface area contributed by atoms with Crippen molar-refractivity contribution >= 4 is 41.2 Å². The van der Waals surface area contributed by atoms with Crippen molar-refractivity contribution < 1.29 is 23.9 Å². The normalized spacial score (nSPS) is 11.7. The summed E-state index contributed by atoms with van der Waals surface area (Å²) in [5.74, 6) is -0.855. The lowest BCUT2D eigenvalue weighted by Gasteiger charge is -2.18. The summed E-state index contributed by atoms with van der Waals surface area (Å²) < 4.78 is 9.61. The number of carbonyl (C=O) groups is 3. The number of amides is 1. The van der Waals surface area contributed by atoms with Gasteiger partial charge in [-0.2, -0.15) is 0 Å². The summed E-state index contributed by atoms with van der Waals surface area (Å²) in [6.07, 6.45) is 0.594. The number of hydrogen-bond acceptors (Lipinski definition) is 6. The van der Waals surface area contributed by atoms with Gasteiger partial charge in [0.15, 0.2) is 6.61 Å². The molecule has 1 N–H and O–H groups in total. The van der Waals surface area contributed by atoms with Crippen LogP contribution >= 0.6 is 23.4 Å². The first-order valence-electron chi connectivity index (χ1n) is 8.23. The molecule has 0 radical (unpaired) electrons. The van der Waals surface area contributed by atoms with E-state index in [1.807, 2.05) is 32.0 Å². The zero-order valence-electron chi connectivity index (χ0n) is 15.1. The Hall–Kier alpha value is -1.73. The van der Waals surface area contributed by atoms with Gasteiger partial charge in [0.05, 0.1) is 18.6 Å². The van der Waals surface area contributed by atoms with Crippen LogP contribution in [0.15, 0.2) is 29.2 Å². The average Bonchev–Trinajstić information content (AvgIpc) is 2.60. The van der Waals surface area contributed by atoms with Crippen molar-refractivity contribution in [3.63, 3.8) is 0 Å². The predicted octanol–water partition coefficient (Wildman–Crippen LogP) is 3.07. The monoisotopic (exact) mass is 401 g/mol. The van der Waals surface area contributed by atoms with Crippen LogP contribution in [-0.4, -0.2) is 43.4 Å². The number of esters is 2. The quantitative estimate of drug-likeness (QED) is 0.479. The van der Waals surface area contributed by atoms with Crippen LogP contribution in [-0.2, 0) is 23.9 Å². The minimum atomic E-state index is -0.748. The summed E-state index contributed by atoms with van der Waals surface area (Å²) in [5, 5.41) is 3.16.